The zero-order valence-electron chi connectivity index (χ0n) is 11.6. The Morgan fingerprint density at radius 1 is 1.30 bits per heavy atom. The van der Waals surface area contributed by atoms with Gasteiger partial charge in [-0.15, -0.1) is 0 Å². The summed E-state index contributed by atoms with van der Waals surface area (Å²) in [6, 6.07) is 9.62. The Balaban J connectivity index is 2.80. The molecule has 0 fully saturated rings. The molecule has 0 saturated carbocycles. The number of imidazole rings is 1. The van der Waals surface area contributed by atoms with Gasteiger partial charge in [-0.05, 0) is 38.5 Å². The molecule has 2 aromatic heterocycles. The summed E-state index contributed by atoms with van der Waals surface area (Å²) in [5.41, 5.74) is 3.89. The Morgan fingerprint density at radius 3 is 2.65 bits per heavy atom. The zero-order valence-corrected chi connectivity index (χ0v) is 11.6. The summed E-state index contributed by atoms with van der Waals surface area (Å²) in [4.78, 5) is 17.2. The van der Waals surface area contributed by atoms with Gasteiger partial charge in [0.2, 0.25) is 0 Å². The first-order valence-electron chi connectivity index (χ1n) is 6.37. The van der Waals surface area contributed by atoms with E-state index in [1.807, 2.05) is 45.0 Å². The van der Waals surface area contributed by atoms with E-state index in [1.54, 1.807) is 4.40 Å². The number of nitriles is 1. The first-order chi connectivity index (χ1) is 9.56. The maximum atomic E-state index is 12.7. The van der Waals surface area contributed by atoms with Crippen LogP contribution in [0.1, 0.15) is 25.0 Å². The van der Waals surface area contributed by atoms with Crippen LogP contribution < -0.4 is 10.8 Å². The summed E-state index contributed by atoms with van der Waals surface area (Å²) < 4.78 is 1.54. The maximum Gasteiger partial charge on any atom is 0.264 e. The topological polar surface area (TPSA) is 58.2 Å². The van der Waals surface area contributed by atoms with Crippen molar-refractivity contribution >= 4 is 22.3 Å². The third kappa shape index (κ3) is 1.47. The van der Waals surface area contributed by atoms with Gasteiger partial charge in [-0.1, -0.05) is 17.7 Å². The Morgan fingerprint density at radius 2 is 2.00 bits per heavy atom. The van der Waals surface area contributed by atoms with E-state index >= 15 is 0 Å². The molecule has 2 heterocycles. The average molecular weight is 263 g/mol. The van der Waals surface area contributed by atoms with Crippen molar-refractivity contribution in [3.63, 3.8) is 0 Å². The van der Waals surface area contributed by atoms with E-state index in [0.29, 0.717) is 22.0 Å². The molecule has 0 aliphatic rings. The van der Waals surface area contributed by atoms with E-state index in [0.717, 1.165) is 16.6 Å². The average Bonchev–Trinajstić information content (AvgIpc) is 2.78. The minimum atomic E-state index is -0.106. The normalized spacial score (nSPS) is 10.9. The molecule has 3 aromatic rings. The number of aromatic nitrogens is 2. The minimum absolute atomic E-state index is 0.106. The smallest absolute Gasteiger partial charge is 0.264 e. The lowest BCUT2D eigenvalue weighted by molar-refractivity contribution is 1.09. The Kier molecular flexibility index (Phi) is 2.58. The predicted molar refractivity (Wildman–Crippen MR) is 78.4 cm³/mol. The van der Waals surface area contributed by atoms with E-state index in [-0.39, 0.29) is 5.56 Å². The summed E-state index contributed by atoms with van der Waals surface area (Å²) in [6.07, 6.45) is 0. The first-order valence-corrected chi connectivity index (χ1v) is 6.37. The minimum Gasteiger partial charge on any atom is -0.268 e. The van der Waals surface area contributed by atoms with Crippen molar-refractivity contribution in [2.24, 2.45) is 0 Å². The van der Waals surface area contributed by atoms with Gasteiger partial charge in [0.25, 0.3) is 5.56 Å². The lowest BCUT2D eigenvalue weighted by Gasteiger charge is -2.03. The molecule has 0 saturated heterocycles. The van der Waals surface area contributed by atoms with Gasteiger partial charge in [0.1, 0.15) is 6.07 Å². The molecule has 0 N–H and O–H groups in total. The zero-order chi connectivity index (χ0) is 14.4. The molecule has 20 heavy (non-hydrogen) atoms. The molecule has 0 bridgehead atoms. The van der Waals surface area contributed by atoms with Crippen LogP contribution >= 0.6 is 0 Å². The molecule has 98 valence electrons. The number of nitrogens with zero attached hydrogens (tertiary/aromatic N) is 3. The monoisotopic (exact) mass is 263 g/mol. The molecule has 0 aliphatic heterocycles. The van der Waals surface area contributed by atoms with Crippen molar-refractivity contribution in [1.82, 2.24) is 9.38 Å². The predicted octanol–water partition coefficient (Wildman–Crippen LogP) is 1.94. The second-order valence-corrected chi connectivity index (χ2v) is 5.05. The molecule has 0 amide bonds. The third-order valence-corrected chi connectivity index (χ3v) is 3.56. The van der Waals surface area contributed by atoms with Crippen LogP contribution in [0.3, 0.4) is 0 Å². The number of pyridine rings is 1. The van der Waals surface area contributed by atoms with E-state index in [4.69, 9.17) is 0 Å². The first kappa shape index (κ1) is 12.4. The van der Waals surface area contributed by atoms with Crippen molar-refractivity contribution in [2.75, 3.05) is 0 Å². The molecule has 1 aromatic carbocycles. The highest BCUT2D eigenvalue weighted by Gasteiger charge is 2.16. The van der Waals surface area contributed by atoms with Crippen LogP contribution in [0.2, 0.25) is 0 Å². The fraction of sp³-hybridized carbons (Fsp3) is 0.188. The Hall–Kier alpha value is -2.67. The van der Waals surface area contributed by atoms with Crippen LogP contribution in [0.5, 0.6) is 0 Å². The number of hydrogen-bond acceptors (Lipinski definition) is 3. The highest BCUT2D eigenvalue weighted by atomic mass is 16.1. The molecule has 4 nitrogen and oxygen atoms in total. The summed E-state index contributed by atoms with van der Waals surface area (Å²) in [6.45, 7) is 5.58. The number of fused-ring (bicyclic) bond motifs is 3. The van der Waals surface area contributed by atoms with Crippen molar-refractivity contribution < 1.29 is 0 Å². The van der Waals surface area contributed by atoms with Gasteiger partial charge in [0.05, 0.1) is 16.6 Å². The van der Waals surface area contributed by atoms with Crippen LogP contribution in [-0.4, -0.2) is 9.38 Å². The van der Waals surface area contributed by atoms with Crippen molar-refractivity contribution in [3.05, 3.63) is 51.0 Å². The fourth-order valence-electron chi connectivity index (χ4n) is 2.69. The molecular weight excluding hydrogens is 250 g/mol. The summed E-state index contributed by atoms with van der Waals surface area (Å²) in [7, 11) is 0. The fourth-order valence-corrected chi connectivity index (χ4v) is 2.69. The van der Waals surface area contributed by atoms with E-state index in [2.05, 4.69) is 11.1 Å². The van der Waals surface area contributed by atoms with E-state index in [9.17, 15) is 10.1 Å². The maximum absolute atomic E-state index is 12.7. The molecule has 0 unspecified atom stereocenters. The summed E-state index contributed by atoms with van der Waals surface area (Å²) >= 11 is 0. The molecule has 0 radical (unpaired) electrons. The molecular formula is C16H13N3O. The molecule has 0 atom stereocenters. The Labute approximate surface area is 115 Å². The third-order valence-electron chi connectivity index (χ3n) is 3.56. The standard InChI is InChI=1S/C16H13N3O/c1-9(2)14-10(3)11(8-17)15-18-12-6-4-5-7-13(12)19(15)16(14)20/h4-7H,1-3H3. The van der Waals surface area contributed by atoms with Crippen molar-refractivity contribution in [1.29, 1.82) is 5.26 Å². The molecule has 0 aliphatic carbocycles. The summed E-state index contributed by atoms with van der Waals surface area (Å²) in [5.74, 6) is 0. The van der Waals surface area contributed by atoms with Gasteiger partial charge in [-0.25, -0.2) is 4.98 Å². The Bertz CT molecular complexity index is 1000. The number of benzene rings is 1. The van der Waals surface area contributed by atoms with Gasteiger partial charge in [0.15, 0.2) is 5.65 Å². The van der Waals surface area contributed by atoms with Gasteiger partial charge in [0, 0.05) is 5.22 Å². The lowest BCUT2D eigenvalue weighted by Crippen LogP contribution is -2.35. The van der Waals surface area contributed by atoms with Crippen LogP contribution in [-0.2, 0) is 0 Å². The highest BCUT2D eigenvalue weighted by molar-refractivity contribution is 5.82. The van der Waals surface area contributed by atoms with Crippen LogP contribution in [0.15, 0.2) is 29.1 Å². The molecule has 4 heteroatoms. The number of rotatable bonds is 0. The van der Waals surface area contributed by atoms with Crippen LogP contribution in [0, 0.1) is 18.3 Å². The lowest BCUT2D eigenvalue weighted by atomic mass is 10.1. The van der Waals surface area contributed by atoms with Gasteiger partial charge >= 0.3 is 0 Å². The second-order valence-electron chi connectivity index (χ2n) is 5.05. The van der Waals surface area contributed by atoms with Crippen molar-refractivity contribution in [3.8, 4) is 6.07 Å². The highest BCUT2D eigenvalue weighted by Crippen LogP contribution is 2.17. The van der Waals surface area contributed by atoms with Gasteiger partial charge in [-0.3, -0.25) is 9.20 Å². The van der Waals surface area contributed by atoms with E-state index in [1.165, 1.54) is 0 Å². The quantitative estimate of drug-likeness (QED) is 0.622. The summed E-state index contributed by atoms with van der Waals surface area (Å²) in [5, 5.41) is 10.0. The second kappa shape index (κ2) is 4.17. The van der Waals surface area contributed by atoms with Crippen LogP contribution in [0.25, 0.3) is 22.3 Å². The van der Waals surface area contributed by atoms with Gasteiger partial charge in [-0.2, -0.15) is 5.26 Å². The SMILES string of the molecule is CC(C)=c1c(C)c(C#N)c2nc3ccccc3n2c1=O. The molecule has 0 spiro atoms. The van der Waals surface area contributed by atoms with E-state index < -0.39 is 0 Å². The molecule has 3 rings (SSSR count). The van der Waals surface area contributed by atoms with Gasteiger partial charge < -0.3 is 0 Å². The van der Waals surface area contributed by atoms with Crippen LogP contribution in [0.4, 0.5) is 0 Å². The largest absolute Gasteiger partial charge is 0.268 e. The number of hydrogen-bond donors (Lipinski definition) is 0. The number of para-hydroxylation sites is 2. The van der Waals surface area contributed by atoms with Crippen molar-refractivity contribution in [2.45, 2.75) is 20.8 Å².